The van der Waals surface area contributed by atoms with Crippen LogP contribution in [0.3, 0.4) is 0 Å². The third-order valence-electron chi connectivity index (χ3n) is 2.02. The molecule has 9 nitrogen and oxygen atoms in total. The van der Waals surface area contributed by atoms with E-state index < -0.39 is 35.1 Å². The second-order valence-corrected chi connectivity index (χ2v) is 5.33. The van der Waals surface area contributed by atoms with Gasteiger partial charge in [0.25, 0.3) is 0 Å². The maximum atomic E-state index is 12.0. The second-order valence-electron chi connectivity index (χ2n) is 3.42. The molecule has 0 aromatic carbocycles. The van der Waals surface area contributed by atoms with Crippen LogP contribution in [0.4, 0.5) is 0 Å². The van der Waals surface area contributed by atoms with Crippen LogP contribution in [-0.4, -0.2) is 58.2 Å². The second kappa shape index (κ2) is 5.14. The van der Waals surface area contributed by atoms with Gasteiger partial charge in [0, 0.05) is 0 Å². The summed E-state index contributed by atoms with van der Waals surface area (Å²) in [6.45, 7) is -0.432. The summed E-state index contributed by atoms with van der Waals surface area (Å²) in [6, 6.07) is 0. The lowest BCUT2D eigenvalue weighted by molar-refractivity contribution is -0.139. The van der Waals surface area contributed by atoms with Crippen LogP contribution in [0.15, 0.2) is 11.1 Å². The van der Waals surface area contributed by atoms with Crippen molar-refractivity contribution in [2.45, 2.75) is 11.8 Å². The smallest absolute Gasteiger partial charge is 0.318 e. The van der Waals surface area contributed by atoms with Crippen LogP contribution in [0, 0.1) is 6.92 Å². The van der Waals surface area contributed by atoms with Crippen molar-refractivity contribution in [3.05, 3.63) is 11.9 Å². The Hall–Kier alpha value is -1.94. The SMILES string of the molecule is Cc1[nH]ncc1S(=O)(=O)N(CC(=O)O)CC(=O)O. The molecule has 1 rings (SSSR count). The molecule has 0 saturated heterocycles. The first-order chi connectivity index (χ1) is 8.25. The summed E-state index contributed by atoms with van der Waals surface area (Å²) >= 11 is 0. The van der Waals surface area contributed by atoms with E-state index >= 15 is 0 Å². The molecule has 0 saturated carbocycles. The van der Waals surface area contributed by atoms with Gasteiger partial charge in [0.2, 0.25) is 10.0 Å². The zero-order valence-corrected chi connectivity index (χ0v) is 10.1. The number of carboxylic acids is 2. The molecule has 10 heteroatoms. The van der Waals surface area contributed by atoms with Crippen molar-refractivity contribution in [3.8, 4) is 0 Å². The Morgan fingerprint density at radius 2 is 1.83 bits per heavy atom. The predicted molar refractivity (Wildman–Crippen MR) is 57.4 cm³/mol. The number of carboxylic acid groups (broad SMARTS) is 2. The molecule has 0 radical (unpaired) electrons. The quantitative estimate of drug-likeness (QED) is 0.597. The Morgan fingerprint density at radius 1 is 1.33 bits per heavy atom. The monoisotopic (exact) mass is 277 g/mol. The minimum absolute atomic E-state index is 0.204. The highest BCUT2D eigenvalue weighted by atomic mass is 32.2. The van der Waals surface area contributed by atoms with Crippen LogP contribution in [0.1, 0.15) is 5.69 Å². The molecule has 1 aromatic rings. The number of aromatic nitrogens is 2. The Kier molecular flexibility index (Phi) is 4.03. The zero-order chi connectivity index (χ0) is 13.9. The molecule has 0 fully saturated rings. The zero-order valence-electron chi connectivity index (χ0n) is 9.32. The highest BCUT2D eigenvalue weighted by molar-refractivity contribution is 7.89. The molecule has 0 bridgehead atoms. The summed E-state index contributed by atoms with van der Waals surface area (Å²) in [5.41, 5.74) is 0.204. The van der Waals surface area contributed by atoms with E-state index in [1.54, 1.807) is 0 Å². The lowest BCUT2D eigenvalue weighted by Crippen LogP contribution is -2.39. The van der Waals surface area contributed by atoms with E-state index in [-0.39, 0.29) is 10.6 Å². The lowest BCUT2D eigenvalue weighted by Gasteiger charge is -2.17. The number of rotatable bonds is 6. The number of aliphatic carboxylic acids is 2. The van der Waals surface area contributed by atoms with E-state index in [0.29, 0.717) is 4.31 Å². The molecule has 1 aromatic heterocycles. The molecule has 18 heavy (non-hydrogen) atoms. The molecule has 3 N–H and O–H groups in total. The number of aromatic amines is 1. The highest BCUT2D eigenvalue weighted by Crippen LogP contribution is 2.17. The Bertz CT molecular complexity index is 547. The molecular formula is C8H11N3O6S. The first-order valence-corrected chi connectivity index (χ1v) is 6.13. The van der Waals surface area contributed by atoms with Crippen molar-refractivity contribution < 1.29 is 28.2 Å². The first kappa shape index (κ1) is 14.1. The molecule has 0 atom stereocenters. The van der Waals surface area contributed by atoms with Crippen LogP contribution in [0.25, 0.3) is 0 Å². The Balaban J connectivity index is 3.15. The van der Waals surface area contributed by atoms with Crippen LogP contribution < -0.4 is 0 Å². The Morgan fingerprint density at radius 3 is 2.17 bits per heavy atom. The molecule has 0 amide bonds. The van der Waals surface area contributed by atoms with Crippen molar-refractivity contribution in [1.29, 1.82) is 0 Å². The first-order valence-electron chi connectivity index (χ1n) is 4.69. The molecule has 100 valence electrons. The third-order valence-corrected chi connectivity index (χ3v) is 3.93. The lowest BCUT2D eigenvalue weighted by atomic mass is 10.5. The summed E-state index contributed by atoms with van der Waals surface area (Å²) in [7, 11) is -4.20. The fourth-order valence-electron chi connectivity index (χ4n) is 1.27. The van der Waals surface area contributed by atoms with Gasteiger partial charge < -0.3 is 10.2 Å². The van der Waals surface area contributed by atoms with Crippen molar-refractivity contribution in [2.24, 2.45) is 0 Å². The van der Waals surface area contributed by atoms with Crippen LogP contribution >= 0.6 is 0 Å². The van der Waals surface area contributed by atoms with E-state index in [1.807, 2.05) is 0 Å². The van der Waals surface area contributed by atoms with Gasteiger partial charge in [0.15, 0.2) is 0 Å². The van der Waals surface area contributed by atoms with Gasteiger partial charge in [-0.3, -0.25) is 14.7 Å². The van der Waals surface area contributed by atoms with E-state index in [2.05, 4.69) is 10.2 Å². The molecule has 0 spiro atoms. The summed E-state index contributed by atoms with van der Waals surface area (Å²) in [4.78, 5) is 20.9. The number of sulfonamides is 1. The number of aryl methyl sites for hydroxylation is 1. The van der Waals surface area contributed by atoms with Gasteiger partial charge in [-0.15, -0.1) is 0 Å². The summed E-state index contributed by atoms with van der Waals surface area (Å²) in [6.07, 6.45) is 1.00. The van der Waals surface area contributed by atoms with Crippen LogP contribution in [-0.2, 0) is 19.6 Å². The molecular weight excluding hydrogens is 266 g/mol. The molecule has 0 aliphatic rings. The Labute approximate surface area is 102 Å². The van der Waals surface area contributed by atoms with Crippen molar-refractivity contribution in [3.63, 3.8) is 0 Å². The number of H-pyrrole nitrogens is 1. The van der Waals surface area contributed by atoms with Crippen molar-refractivity contribution in [1.82, 2.24) is 14.5 Å². The average Bonchev–Trinajstić information content (AvgIpc) is 2.62. The highest BCUT2D eigenvalue weighted by Gasteiger charge is 2.30. The van der Waals surface area contributed by atoms with Gasteiger partial charge in [-0.05, 0) is 6.92 Å². The fourth-order valence-corrected chi connectivity index (χ4v) is 2.72. The molecule has 0 aliphatic carbocycles. The number of nitrogens with zero attached hydrogens (tertiary/aromatic N) is 2. The maximum absolute atomic E-state index is 12.0. The summed E-state index contributed by atoms with van der Waals surface area (Å²) in [5.74, 6) is -2.89. The van der Waals surface area contributed by atoms with E-state index in [0.717, 1.165) is 6.20 Å². The minimum atomic E-state index is -4.20. The van der Waals surface area contributed by atoms with Crippen molar-refractivity contribution >= 4 is 22.0 Å². The van der Waals surface area contributed by atoms with Crippen LogP contribution in [0.2, 0.25) is 0 Å². The summed E-state index contributed by atoms with van der Waals surface area (Å²) < 4.78 is 24.4. The number of carbonyl (C=O) groups is 2. The number of hydrogen-bond acceptors (Lipinski definition) is 5. The fraction of sp³-hybridized carbons (Fsp3) is 0.375. The standard InChI is InChI=1S/C8H11N3O6S/c1-5-6(2-9-10-5)18(16,17)11(3-7(12)13)4-8(14)15/h2H,3-4H2,1H3,(H,9,10)(H,12,13)(H,14,15). The third kappa shape index (κ3) is 3.05. The molecule has 1 heterocycles. The van der Waals surface area contributed by atoms with Crippen LogP contribution in [0.5, 0.6) is 0 Å². The molecule has 0 aliphatic heterocycles. The number of nitrogens with one attached hydrogen (secondary N) is 1. The topological polar surface area (TPSA) is 141 Å². The largest absolute Gasteiger partial charge is 0.480 e. The predicted octanol–water partition coefficient (Wildman–Crippen LogP) is -1.12. The van der Waals surface area contributed by atoms with E-state index in [4.69, 9.17) is 10.2 Å². The van der Waals surface area contributed by atoms with Gasteiger partial charge >= 0.3 is 11.9 Å². The summed E-state index contributed by atoms with van der Waals surface area (Å²) in [5, 5.41) is 23.1. The van der Waals surface area contributed by atoms with Gasteiger partial charge in [0.1, 0.15) is 18.0 Å². The normalized spacial score (nSPS) is 11.7. The van der Waals surface area contributed by atoms with Crippen molar-refractivity contribution in [2.75, 3.05) is 13.1 Å². The van der Waals surface area contributed by atoms with E-state index in [9.17, 15) is 18.0 Å². The molecule has 0 unspecified atom stereocenters. The van der Waals surface area contributed by atoms with Gasteiger partial charge in [-0.2, -0.15) is 9.40 Å². The maximum Gasteiger partial charge on any atom is 0.318 e. The number of hydrogen-bond donors (Lipinski definition) is 3. The van der Waals surface area contributed by atoms with Gasteiger partial charge in [0.05, 0.1) is 11.9 Å². The van der Waals surface area contributed by atoms with Gasteiger partial charge in [-0.25, -0.2) is 8.42 Å². The van der Waals surface area contributed by atoms with E-state index in [1.165, 1.54) is 6.92 Å². The average molecular weight is 277 g/mol. The minimum Gasteiger partial charge on any atom is -0.480 e. The van der Waals surface area contributed by atoms with Gasteiger partial charge in [-0.1, -0.05) is 0 Å².